The van der Waals surface area contributed by atoms with Gasteiger partial charge in [0, 0.05) is 42.2 Å². The number of halogens is 1. The van der Waals surface area contributed by atoms with Crippen molar-refractivity contribution in [2.24, 2.45) is 16.5 Å². The molecule has 0 aliphatic carbocycles. The lowest BCUT2D eigenvalue weighted by Gasteiger charge is -2.15. The molecule has 8 nitrogen and oxygen atoms in total. The van der Waals surface area contributed by atoms with E-state index in [0.717, 1.165) is 25.9 Å². The number of amides is 1. The van der Waals surface area contributed by atoms with Crippen molar-refractivity contribution in [3.05, 3.63) is 42.0 Å². The minimum Gasteiger partial charge on any atom is -0.443 e. The molecule has 1 amide bonds. The number of aromatic nitrogens is 2. The summed E-state index contributed by atoms with van der Waals surface area (Å²) in [6, 6.07) is 4.79. The number of carbonyl (C=O) groups excluding carboxylic acids is 1. The number of guanidine groups is 1. The standard InChI is InChI=1S/C17H19FN6O2/c18-14-11(10-26-17(25)23-15(19)20)4-3-5-13(14)12-8-21-16(22-9-12)24-6-1-2-7-24/h3-5,8-9H,1-2,6-7,10H2,(H4,19,20,23,25). The second-order valence-corrected chi connectivity index (χ2v) is 5.84. The summed E-state index contributed by atoms with van der Waals surface area (Å²) in [4.78, 5) is 25.3. The molecule has 1 saturated heterocycles. The van der Waals surface area contributed by atoms with Crippen molar-refractivity contribution < 1.29 is 13.9 Å². The van der Waals surface area contributed by atoms with Crippen molar-refractivity contribution in [3.8, 4) is 11.1 Å². The van der Waals surface area contributed by atoms with Crippen LogP contribution in [0.3, 0.4) is 0 Å². The van der Waals surface area contributed by atoms with Gasteiger partial charge in [-0.1, -0.05) is 18.2 Å². The number of nitrogens with zero attached hydrogens (tertiary/aromatic N) is 4. The van der Waals surface area contributed by atoms with Crippen LogP contribution >= 0.6 is 0 Å². The average Bonchev–Trinajstić information content (AvgIpc) is 3.15. The number of rotatable bonds is 4. The van der Waals surface area contributed by atoms with Crippen molar-refractivity contribution in [1.82, 2.24) is 9.97 Å². The summed E-state index contributed by atoms with van der Waals surface area (Å²) in [5, 5.41) is 0. The Bertz CT molecular complexity index is 815. The molecule has 2 aromatic rings. The molecule has 0 unspecified atom stereocenters. The van der Waals surface area contributed by atoms with Crippen LogP contribution in [0.2, 0.25) is 0 Å². The third-order valence-electron chi connectivity index (χ3n) is 3.99. The van der Waals surface area contributed by atoms with E-state index in [-0.39, 0.29) is 12.2 Å². The number of ether oxygens (including phenoxy) is 1. The van der Waals surface area contributed by atoms with Gasteiger partial charge in [0.2, 0.25) is 5.95 Å². The first-order valence-corrected chi connectivity index (χ1v) is 8.16. The first kappa shape index (κ1) is 17.6. The van der Waals surface area contributed by atoms with Gasteiger partial charge in [-0.2, -0.15) is 0 Å². The zero-order valence-corrected chi connectivity index (χ0v) is 14.1. The quantitative estimate of drug-likeness (QED) is 0.631. The molecule has 1 aliphatic rings. The second-order valence-electron chi connectivity index (χ2n) is 5.84. The van der Waals surface area contributed by atoms with Gasteiger partial charge in [-0.05, 0) is 12.8 Å². The highest BCUT2D eigenvalue weighted by molar-refractivity contribution is 5.87. The van der Waals surface area contributed by atoms with Gasteiger partial charge in [0.1, 0.15) is 12.4 Å². The molecule has 0 radical (unpaired) electrons. The summed E-state index contributed by atoms with van der Waals surface area (Å²) in [5.74, 6) is -0.282. The SMILES string of the molecule is NC(N)=NC(=O)OCc1cccc(-c2cnc(N3CCCC3)nc2)c1F. The molecule has 136 valence electrons. The third-order valence-corrected chi connectivity index (χ3v) is 3.99. The number of hydrogen-bond donors (Lipinski definition) is 2. The van der Waals surface area contributed by atoms with Crippen molar-refractivity contribution in [1.29, 1.82) is 0 Å². The zero-order valence-electron chi connectivity index (χ0n) is 14.1. The molecule has 3 rings (SSSR count). The van der Waals surface area contributed by atoms with Gasteiger partial charge < -0.3 is 21.1 Å². The Hall–Kier alpha value is -3.23. The minimum absolute atomic E-state index is 0.199. The van der Waals surface area contributed by atoms with Gasteiger partial charge in [-0.25, -0.2) is 19.2 Å². The fourth-order valence-electron chi connectivity index (χ4n) is 2.73. The summed E-state index contributed by atoms with van der Waals surface area (Å²) >= 11 is 0. The maximum Gasteiger partial charge on any atom is 0.437 e. The van der Waals surface area contributed by atoms with Crippen LogP contribution in [-0.4, -0.2) is 35.1 Å². The van der Waals surface area contributed by atoms with Gasteiger partial charge >= 0.3 is 6.09 Å². The highest BCUT2D eigenvalue weighted by atomic mass is 19.1. The summed E-state index contributed by atoms with van der Waals surface area (Å²) in [6.45, 7) is 1.58. The van der Waals surface area contributed by atoms with Crippen LogP contribution in [0, 0.1) is 5.82 Å². The molecule has 0 bridgehead atoms. The van der Waals surface area contributed by atoms with Crippen molar-refractivity contribution in [2.75, 3.05) is 18.0 Å². The van der Waals surface area contributed by atoms with E-state index < -0.39 is 17.9 Å². The molecule has 4 N–H and O–H groups in total. The highest BCUT2D eigenvalue weighted by Gasteiger charge is 2.16. The van der Waals surface area contributed by atoms with Gasteiger partial charge in [-0.15, -0.1) is 4.99 Å². The zero-order chi connectivity index (χ0) is 18.5. The number of aliphatic imine (C=N–C) groups is 1. The predicted molar refractivity (Wildman–Crippen MR) is 94.9 cm³/mol. The van der Waals surface area contributed by atoms with Crippen LogP contribution in [0.1, 0.15) is 18.4 Å². The van der Waals surface area contributed by atoms with Crippen LogP contribution in [0.15, 0.2) is 35.6 Å². The van der Waals surface area contributed by atoms with Crippen molar-refractivity contribution in [3.63, 3.8) is 0 Å². The lowest BCUT2D eigenvalue weighted by atomic mass is 10.1. The van der Waals surface area contributed by atoms with Crippen molar-refractivity contribution in [2.45, 2.75) is 19.4 Å². The van der Waals surface area contributed by atoms with E-state index in [9.17, 15) is 9.18 Å². The van der Waals surface area contributed by atoms with E-state index >= 15 is 0 Å². The molecule has 1 aliphatic heterocycles. The van der Waals surface area contributed by atoms with Crippen LogP contribution in [-0.2, 0) is 11.3 Å². The Morgan fingerprint density at radius 1 is 1.23 bits per heavy atom. The fourth-order valence-corrected chi connectivity index (χ4v) is 2.73. The van der Waals surface area contributed by atoms with E-state index in [1.807, 2.05) is 0 Å². The van der Waals surface area contributed by atoms with E-state index in [0.29, 0.717) is 17.1 Å². The summed E-state index contributed by atoms with van der Waals surface area (Å²) in [5.41, 5.74) is 11.2. The summed E-state index contributed by atoms with van der Waals surface area (Å²) < 4.78 is 19.6. The Kier molecular flexibility index (Phi) is 5.26. The number of hydrogen-bond acceptors (Lipinski definition) is 5. The van der Waals surface area contributed by atoms with Crippen LogP contribution in [0.4, 0.5) is 15.1 Å². The minimum atomic E-state index is -0.979. The number of carbonyl (C=O) groups is 1. The number of anilines is 1. The Labute approximate surface area is 149 Å². The lowest BCUT2D eigenvalue weighted by Crippen LogP contribution is -2.24. The van der Waals surface area contributed by atoms with Gasteiger partial charge in [0.15, 0.2) is 5.96 Å². The lowest BCUT2D eigenvalue weighted by molar-refractivity contribution is 0.149. The average molecular weight is 358 g/mol. The van der Waals surface area contributed by atoms with Crippen molar-refractivity contribution >= 4 is 18.0 Å². The Morgan fingerprint density at radius 2 is 1.92 bits per heavy atom. The molecular weight excluding hydrogens is 339 g/mol. The molecule has 9 heteroatoms. The largest absolute Gasteiger partial charge is 0.443 e. The van der Waals surface area contributed by atoms with Crippen LogP contribution < -0.4 is 16.4 Å². The van der Waals surface area contributed by atoms with E-state index in [2.05, 4.69) is 19.9 Å². The summed E-state index contributed by atoms with van der Waals surface area (Å²) in [6.07, 6.45) is 4.46. The molecule has 0 spiro atoms. The Balaban J connectivity index is 1.76. The summed E-state index contributed by atoms with van der Waals surface area (Å²) in [7, 11) is 0. The number of nitrogens with two attached hydrogens (primary N) is 2. The molecule has 0 atom stereocenters. The molecule has 2 heterocycles. The normalized spacial score (nSPS) is 13.5. The molecule has 1 aromatic carbocycles. The first-order valence-electron chi connectivity index (χ1n) is 8.16. The second kappa shape index (κ2) is 7.77. The van der Waals surface area contributed by atoms with E-state index in [1.165, 1.54) is 6.07 Å². The van der Waals surface area contributed by atoms with E-state index in [4.69, 9.17) is 16.2 Å². The molecule has 1 aromatic heterocycles. The van der Waals surface area contributed by atoms with Gasteiger partial charge in [0.25, 0.3) is 0 Å². The fraction of sp³-hybridized carbons (Fsp3) is 0.294. The highest BCUT2D eigenvalue weighted by Crippen LogP contribution is 2.26. The van der Waals surface area contributed by atoms with E-state index in [1.54, 1.807) is 24.5 Å². The maximum atomic E-state index is 14.7. The molecule has 26 heavy (non-hydrogen) atoms. The Morgan fingerprint density at radius 3 is 2.58 bits per heavy atom. The predicted octanol–water partition coefficient (Wildman–Crippen LogP) is 1.79. The van der Waals surface area contributed by atoms with Gasteiger partial charge in [-0.3, -0.25) is 0 Å². The monoisotopic (exact) mass is 358 g/mol. The maximum absolute atomic E-state index is 14.7. The molecule has 1 fully saturated rings. The topological polar surface area (TPSA) is 120 Å². The molecule has 0 saturated carbocycles. The third kappa shape index (κ3) is 4.05. The first-order chi connectivity index (χ1) is 12.5. The van der Waals surface area contributed by atoms with Crippen LogP contribution in [0.5, 0.6) is 0 Å². The number of benzene rings is 1. The van der Waals surface area contributed by atoms with Crippen LogP contribution in [0.25, 0.3) is 11.1 Å². The smallest absolute Gasteiger partial charge is 0.437 e. The molecular formula is C17H19FN6O2. The van der Waals surface area contributed by atoms with Gasteiger partial charge in [0.05, 0.1) is 0 Å².